The lowest BCUT2D eigenvalue weighted by atomic mass is 9.87. The average molecular weight is 962 g/mol. The number of nitrogens with one attached hydrogen (secondary N) is 1. The van der Waals surface area contributed by atoms with Crippen LogP contribution in [-0.2, 0) is 22.7 Å². The predicted molar refractivity (Wildman–Crippen MR) is 263 cm³/mol. The van der Waals surface area contributed by atoms with Gasteiger partial charge in [0.05, 0.1) is 13.1 Å². The SMILES string of the molecule is CB(O)NCc1cccc(C2CCN(C(=O)c3cccc(N4C[C@](C)(O)[C@H](O)C4=O)c3)CC2)c1.C[C@]1(O)CN(c2cccc(C(=O)N3CCC(c4cccc(CN)c4)CC3)c2)C(=O)[C@H]1O.Cl.Cl. The monoisotopic (exact) mass is 960 g/mol. The van der Waals surface area contributed by atoms with Gasteiger partial charge in [0.1, 0.15) is 11.2 Å². The highest BCUT2D eigenvalue weighted by atomic mass is 35.5. The van der Waals surface area contributed by atoms with Gasteiger partial charge in [-0.1, -0.05) is 60.7 Å². The van der Waals surface area contributed by atoms with E-state index in [1.54, 1.807) is 55.4 Å². The maximum atomic E-state index is 13.2. The summed E-state index contributed by atoms with van der Waals surface area (Å²) in [6.45, 7) is 8.24. The number of hydrogen-bond acceptors (Lipinski definition) is 11. The number of carbonyl (C=O) groups excluding carboxylic acids is 4. The summed E-state index contributed by atoms with van der Waals surface area (Å²) in [5.74, 6) is -0.513. The summed E-state index contributed by atoms with van der Waals surface area (Å²) in [5.41, 5.74) is 9.45. The van der Waals surface area contributed by atoms with Crippen LogP contribution in [0.25, 0.3) is 0 Å². The van der Waals surface area contributed by atoms with E-state index in [2.05, 4.69) is 29.5 Å². The molecule has 4 atom stereocenters. The number of benzene rings is 4. The van der Waals surface area contributed by atoms with E-state index in [1.807, 2.05) is 34.1 Å². The first-order chi connectivity index (χ1) is 30.9. The first-order valence-electron chi connectivity index (χ1n) is 22.5. The average Bonchev–Trinajstić information content (AvgIpc) is 3.67. The molecule has 4 aliphatic heterocycles. The van der Waals surface area contributed by atoms with E-state index in [-0.39, 0.29) is 49.7 Å². The Labute approximate surface area is 404 Å². The molecule has 15 nitrogen and oxygen atoms in total. The summed E-state index contributed by atoms with van der Waals surface area (Å²) in [5, 5.41) is 52.9. The highest BCUT2D eigenvalue weighted by Gasteiger charge is 2.49. The van der Waals surface area contributed by atoms with Crippen LogP contribution in [0.4, 0.5) is 11.4 Å². The molecule has 0 spiro atoms. The fraction of sp³-hybridized carbons (Fsp3) is 0.429. The van der Waals surface area contributed by atoms with Gasteiger partial charge in [0.25, 0.3) is 23.6 Å². The summed E-state index contributed by atoms with van der Waals surface area (Å²) < 4.78 is 0. The van der Waals surface area contributed by atoms with E-state index < -0.39 is 42.3 Å². The van der Waals surface area contributed by atoms with Crippen molar-refractivity contribution in [3.8, 4) is 0 Å². The van der Waals surface area contributed by atoms with Crippen molar-refractivity contribution < 1.29 is 44.6 Å². The first-order valence-corrected chi connectivity index (χ1v) is 22.5. The van der Waals surface area contributed by atoms with E-state index in [0.717, 1.165) is 36.8 Å². The molecule has 0 aliphatic carbocycles. The minimum atomic E-state index is -1.53. The second kappa shape index (κ2) is 22.5. The van der Waals surface area contributed by atoms with E-state index in [4.69, 9.17) is 5.73 Å². The minimum absolute atomic E-state index is 0. The van der Waals surface area contributed by atoms with Crippen LogP contribution in [0.2, 0.25) is 6.82 Å². The van der Waals surface area contributed by atoms with Gasteiger partial charge in [-0.25, -0.2) is 0 Å². The van der Waals surface area contributed by atoms with Gasteiger partial charge < -0.3 is 56.0 Å². The third-order valence-corrected chi connectivity index (χ3v) is 13.2. The number of anilines is 2. The highest BCUT2D eigenvalue weighted by molar-refractivity contribution is 6.45. The van der Waals surface area contributed by atoms with Crippen molar-refractivity contribution in [2.24, 2.45) is 5.73 Å². The number of β-amino-alcohol motifs (C(OH)–C–C–N with tert-alkyl or cyclic N) is 2. The highest BCUT2D eigenvalue weighted by Crippen LogP contribution is 2.34. The number of aliphatic hydroxyl groups is 4. The Morgan fingerprint density at radius 3 is 1.42 bits per heavy atom. The van der Waals surface area contributed by atoms with Crippen LogP contribution in [0.3, 0.4) is 0 Å². The van der Waals surface area contributed by atoms with Gasteiger partial charge in [-0.05, 0) is 117 Å². The van der Waals surface area contributed by atoms with E-state index in [1.165, 1.54) is 34.8 Å². The van der Waals surface area contributed by atoms with E-state index in [0.29, 0.717) is 73.6 Å². The largest absolute Gasteiger partial charge is 0.437 e. The lowest BCUT2D eigenvalue weighted by molar-refractivity contribution is -0.131. The molecule has 8 N–H and O–H groups in total. The second-order valence-electron chi connectivity index (χ2n) is 18.4. The van der Waals surface area contributed by atoms with Crippen LogP contribution in [0.5, 0.6) is 0 Å². The zero-order chi connectivity index (χ0) is 46.6. The third-order valence-electron chi connectivity index (χ3n) is 13.2. The molecule has 4 heterocycles. The molecule has 0 radical (unpaired) electrons. The first kappa shape index (κ1) is 53.1. The van der Waals surface area contributed by atoms with Crippen LogP contribution >= 0.6 is 24.8 Å². The Balaban J connectivity index is 0.000000244. The van der Waals surface area contributed by atoms with Crippen molar-refractivity contribution in [2.45, 2.75) is 94.7 Å². The number of aliphatic hydroxyl groups excluding tert-OH is 2. The summed E-state index contributed by atoms with van der Waals surface area (Å²) in [7, 11) is -0.557. The molecular formula is C49H63BCl2N6O9. The van der Waals surface area contributed by atoms with Crippen molar-refractivity contribution in [3.63, 3.8) is 0 Å². The molecule has 4 aromatic rings. The predicted octanol–water partition coefficient (Wildman–Crippen LogP) is 3.83. The molecule has 4 amide bonds. The number of halogens is 2. The molecule has 0 bridgehead atoms. The topological polar surface area (TPSA) is 220 Å². The van der Waals surface area contributed by atoms with Gasteiger partial charge in [0.2, 0.25) is 0 Å². The number of nitrogens with zero attached hydrogens (tertiary/aromatic N) is 4. The van der Waals surface area contributed by atoms with Crippen LogP contribution in [-0.4, -0.2) is 129 Å². The van der Waals surface area contributed by atoms with Crippen molar-refractivity contribution in [1.82, 2.24) is 15.0 Å². The van der Waals surface area contributed by atoms with E-state index in [9.17, 15) is 44.6 Å². The molecule has 4 fully saturated rings. The zero-order valence-corrected chi connectivity index (χ0v) is 39.8. The van der Waals surface area contributed by atoms with Gasteiger partial charge in [0, 0.05) is 61.8 Å². The minimum Gasteiger partial charge on any atom is -0.437 e. The summed E-state index contributed by atoms with van der Waals surface area (Å²) in [6, 6.07) is 30.3. The quantitative estimate of drug-likeness (QED) is 0.113. The molecular weight excluding hydrogens is 898 g/mol. The molecule has 360 valence electrons. The molecule has 4 saturated heterocycles. The normalized spacial score (nSPS) is 23.3. The lowest BCUT2D eigenvalue weighted by Gasteiger charge is -2.32. The Hall–Kier alpha value is -4.88. The molecule has 18 heteroatoms. The van der Waals surface area contributed by atoms with Crippen LogP contribution in [0, 0.1) is 0 Å². The fourth-order valence-corrected chi connectivity index (χ4v) is 9.24. The molecule has 0 saturated carbocycles. The third kappa shape index (κ3) is 12.2. The number of amides is 4. The summed E-state index contributed by atoms with van der Waals surface area (Å²) in [6.07, 6.45) is 0.547. The lowest BCUT2D eigenvalue weighted by Crippen LogP contribution is -2.39. The Morgan fingerprint density at radius 2 is 1.04 bits per heavy atom. The number of rotatable bonds is 10. The van der Waals surface area contributed by atoms with Crippen molar-refractivity contribution in [3.05, 3.63) is 130 Å². The van der Waals surface area contributed by atoms with Crippen molar-refractivity contribution in [1.29, 1.82) is 0 Å². The van der Waals surface area contributed by atoms with E-state index >= 15 is 0 Å². The number of likely N-dealkylation sites (tertiary alicyclic amines) is 2. The van der Waals surface area contributed by atoms with Crippen LogP contribution in [0.15, 0.2) is 97.1 Å². The van der Waals surface area contributed by atoms with Gasteiger partial charge in [-0.2, -0.15) is 0 Å². The Kier molecular flexibility index (Phi) is 17.8. The van der Waals surface area contributed by atoms with Crippen LogP contribution < -0.4 is 20.8 Å². The smallest absolute Gasteiger partial charge is 0.373 e. The molecule has 67 heavy (non-hydrogen) atoms. The molecule has 4 aliphatic rings. The maximum Gasteiger partial charge on any atom is 0.373 e. The van der Waals surface area contributed by atoms with Gasteiger partial charge in [-0.3, -0.25) is 19.2 Å². The van der Waals surface area contributed by atoms with Crippen LogP contribution in [0.1, 0.15) is 94.3 Å². The number of carbonyl (C=O) groups is 4. The second-order valence-corrected chi connectivity index (χ2v) is 18.4. The maximum absolute atomic E-state index is 13.2. The Morgan fingerprint density at radius 1 is 0.657 bits per heavy atom. The Bertz CT molecular complexity index is 2370. The van der Waals surface area contributed by atoms with Gasteiger partial charge in [-0.15, -0.1) is 24.8 Å². The van der Waals surface area contributed by atoms with Crippen molar-refractivity contribution >= 4 is 66.9 Å². The van der Waals surface area contributed by atoms with Gasteiger partial charge >= 0.3 is 7.05 Å². The summed E-state index contributed by atoms with van der Waals surface area (Å²) in [4.78, 5) is 57.3. The molecule has 4 aromatic carbocycles. The number of piperidine rings is 2. The zero-order valence-electron chi connectivity index (χ0n) is 38.2. The molecule has 8 rings (SSSR count). The van der Waals surface area contributed by atoms with Crippen molar-refractivity contribution in [2.75, 3.05) is 49.1 Å². The summed E-state index contributed by atoms with van der Waals surface area (Å²) >= 11 is 0. The molecule has 0 unspecified atom stereocenters. The van der Waals surface area contributed by atoms with Gasteiger partial charge in [0.15, 0.2) is 12.2 Å². The molecule has 0 aromatic heterocycles. The number of hydrogen-bond donors (Lipinski definition) is 7. The number of nitrogens with two attached hydrogens (primary N) is 1. The fourth-order valence-electron chi connectivity index (χ4n) is 9.24. The standard InChI is InChI=1S/C25H32BN3O5.C24H29N3O4.2ClH/c1-25(33)16-29(24(32)22(25)30)21-8-4-7-20(14-21)23(31)28-11-9-18(10-12-28)19-6-3-5-17(13-19)15-27-26(2)34;1-24(31)15-27(23(30)21(24)28)20-7-3-6-19(13-20)22(29)26-10-8-17(9-11-26)18-5-2-4-16(12-18)14-25;;/h3-8,13-14,18,22,27,30,33-34H,9-12,15-16H2,1-2H3;2-7,12-13,17,21,28,31H,8-11,14-15,25H2,1H3;2*1H/t22-,25+;21-,24+;;/m11../s1.